The van der Waals surface area contributed by atoms with E-state index >= 15 is 0 Å². The molecule has 0 aliphatic rings. The molecule has 0 bridgehead atoms. The minimum absolute atomic E-state index is 0.0628. The average molecular weight is 292 g/mol. The second-order valence-corrected chi connectivity index (χ2v) is 4.66. The van der Waals surface area contributed by atoms with E-state index in [4.69, 9.17) is 15.3 Å². The molecule has 0 aromatic rings. The molecule has 0 heterocycles. The van der Waals surface area contributed by atoms with Gasteiger partial charge in [0.05, 0.1) is 6.10 Å². The van der Waals surface area contributed by atoms with Gasteiger partial charge >= 0.3 is 11.9 Å². The third-order valence-corrected chi connectivity index (χ3v) is 2.60. The van der Waals surface area contributed by atoms with Crippen LogP contribution in [0, 0.1) is 0 Å². The Balaban J connectivity index is 0. The molecule has 0 saturated carbocycles. The molecule has 6 nitrogen and oxygen atoms in total. The van der Waals surface area contributed by atoms with Crippen molar-refractivity contribution in [1.29, 1.82) is 0 Å². The smallest absolute Gasteiger partial charge is 0.303 e. The Hall–Kier alpha value is -1.14. The summed E-state index contributed by atoms with van der Waals surface area (Å²) < 4.78 is 0. The molecule has 0 saturated heterocycles. The maximum absolute atomic E-state index is 9.90. The van der Waals surface area contributed by atoms with Crippen LogP contribution < -0.4 is 0 Å². The highest BCUT2D eigenvalue weighted by Crippen LogP contribution is 2.05. The van der Waals surface area contributed by atoms with Crippen LogP contribution in [0.1, 0.15) is 64.7 Å². The van der Waals surface area contributed by atoms with Gasteiger partial charge in [-0.1, -0.05) is 13.3 Å². The van der Waals surface area contributed by atoms with Gasteiger partial charge in [-0.05, 0) is 38.5 Å². The first-order valence-corrected chi connectivity index (χ1v) is 7.16. The van der Waals surface area contributed by atoms with Gasteiger partial charge in [0.1, 0.15) is 0 Å². The summed E-state index contributed by atoms with van der Waals surface area (Å²) in [5.74, 6) is -1.74. The quantitative estimate of drug-likeness (QED) is 0.433. The van der Waals surface area contributed by atoms with Crippen LogP contribution in [0.5, 0.6) is 0 Å². The Kier molecular flexibility index (Phi) is 16.8. The molecule has 0 aliphatic heterocycles. The number of unbranched alkanes of at least 4 members (excludes halogenated alkanes) is 2. The van der Waals surface area contributed by atoms with Crippen LogP contribution in [0.4, 0.5) is 0 Å². The van der Waals surface area contributed by atoms with Crippen molar-refractivity contribution in [3.63, 3.8) is 0 Å². The molecular weight excluding hydrogens is 264 g/mol. The van der Waals surface area contributed by atoms with Crippen LogP contribution >= 0.6 is 0 Å². The van der Waals surface area contributed by atoms with Gasteiger partial charge in [0.15, 0.2) is 0 Å². The molecule has 0 aromatic heterocycles. The highest BCUT2D eigenvalue weighted by molar-refractivity contribution is 5.67. The van der Waals surface area contributed by atoms with Crippen molar-refractivity contribution in [3.05, 3.63) is 0 Å². The van der Waals surface area contributed by atoms with Crippen molar-refractivity contribution in [3.8, 4) is 0 Å². The summed E-state index contributed by atoms with van der Waals surface area (Å²) >= 11 is 0. The summed E-state index contributed by atoms with van der Waals surface area (Å²) in [6.45, 7) is 2.31. The zero-order valence-corrected chi connectivity index (χ0v) is 12.3. The fraction of sp³-hybridized carbons (Fsp3) is 0.857. The highest BCUT2D eigenvalue weighted by Gasteiger charge is 2.00. The number of carboxylic acids is 2. The van der Waals surface area contributed by atoms with Gasteiger partial charge in [0.2, 0.25) is 0 Å². The number of carbonyl (C=O) groups is 2. The van der Waals surface area contributed by atoms with Crippen molar-refractivity contribution in [2.75, 3.05) is 6.61 Å². The normalized spacial score (nSPS) is 11.3. The van der Waals surface area contributed by atoms with Crippen molar-refractivity contribution in [2.45, 2.75) is 70.8 Å². The second-order valence-electron chi connectivity index (χ2n) is 4.66. The van der Waals surface area contributed by atoms with E-state index in [0.717, 1.165) is 32.1 Å². The number of rotatable bonds is 11. The van der Waals surface area contributed by atoms with Crippen molar-refractivity contribution in [1.82, 2.24) is 0 Å². The van der Waals surface area contributed by atoms with Gasteiger partial charge in [0.25, 0.3) is 0 Å². The number of hydrogen-bond donors (Lipinski definition) is 4. The number of hydrogen-bond acceptors (Lipinski definition) is 4. The molecule has 0 spiro atoms. The summed E-state index contributed by atoms with van der Waals surface area (Å²) in [4.78, 5) is 19.8. The van der Waals surface area contributed by atoms with Crippen LogP contribution in [0.25, 0.3) is 0 Å². The molecule has 1 atom stereocenters. The van der Waals surface area contributed by atoms with Crippen molar-refractivity contribution < 1.29 is 30.0 Å². The number of carboxylic acid groups (broad SMARTS) is 2. The third-order valence-electron chi connectivity index (χ3n) is 2.60. The maximum atomic E-state index is 9.90. The molecule has 20 heavy (non-hydrogen) atoms. The molecule has 1 unspecified atom stereocenters. The first-order valence-electron chi connectivity index (χ1n) is 7.16. The zero-order valence-electron chi connectivity index (χ0n) is 12.3. The predicted molar refractivity (Wildman–Crippen MR) is 75.6 cm³/mol. The van der Waals surface area contributed by atoms with Crippen LogP contribution in [0.2, 0.25) is 0 Å². The van der Waals surface area contributed by atoms with E-state index in [1.165, 1.54) is 0 Å². The van der Waals surface area contributed by atoms with Gasteiger partial charge < -0.3 is 20.4 Å². The van der Waals surface area contributed by atoms with E-state index in [0.29, 0.717) is 12.8 Å². The second kappa shape index (κ2) is 15.9. The van der Waals surface area contributed by atoms with Gasteiger partial charge in [-0.2, -0.15) is 0 Å². The first-order chi connectivity index (χ1) is 9.43. The lowest BCUT2D eigenvalue weighted by Crippen LogP contribution is -2.05. The summed E-state index contributed by atoms with van der Waals surface area (Å²) in [6.07, 6.45) is 5.42. The summed E-state index contributed by atoms with van der Waals surface area (Å²) in [5.41, 5.74) is 0. The molecule has 0 aliphatic carbocycles. The van der Waals surface area contributed by atoms with Crippen LogP contribution in [-0.4, -0.2) is 45.1 Å². The fourth-order valence-electron chi connectivity index (χ4n) is 1.52. The Morgan fingerprint density at radius 3 is 1.75 bits per heavy atom. The average Bonchev–Trinajstić information content (AvgIpc) is 2.36. The van der Waals surface area contributed by atoms with E-state index in [1.807, 2.05) is 0 Å². The van der Waals surface area contributed by atoms with Crippen molar-refractivity contribution >= 4 is 11.9 Å². The zero-order chi connectivity index (χ0) is 15.8. The standard InChI is InChI=1S/C8H18O2.C6H10O4/c1-2-5-8(10)6-3-4-7-9;7-5(8)3-1-2-4-6(9)10/h8-10H,2-7H2,1H3;1-4H2,(H,7,8)(H,9,10). The summed E-state index contributed by atoms with van der Waals surface area (Å²) in [5, 5.41) is 33.9. The van der Waals surface area contributed by atoms with Gasteiger partial charge in [-0.25, -0.2) is 0 Å². The number of aliphatic carboxylic acids is 2. The SMILES string of the molecule is CCCC(O)CCCCO.O=C(O)CCCCC(=O)O. The minimum Gasteiger partial charge on any atom is -0.481 e. The summed E-state index contributed by atoms with van der Waals surface area (Å²) in [7, 11) is 0. The minimum atomic E-state index is -0.870. The Morgan fingerprint density at radius 2 is 1.40 bits per heavy atom. The monoisotopic (exact) mass is 292 g/mol. The first kappa shape index (κ1) is 21.2. The Labute approximate surface area is 120 Å². The van der Waals surface area contributed by atoms with E-state index in [-0.39, 0.29) is 25.6 Å². The van der Waals surface area contributed by atoms with E-state index in [2.05, 4.69) is 6.92 Å². The molecule has 0 rings (SSSR count). The topological polar surface area (TPSA) is 115 Å². The fourth-order valence-corrected chi connectivity index (χ4v) is 1.52. The molecule has 120 valence electrons. The lowest BCUT2D eigenvalue weighted by Gasteiger charge is -2.06. The van der Waals surface area contributed by atoms with E-state index in [9.17, 15) is 14.7 Å². The lowest BCUT2D eigenvalue weighted by molar-refractivity contribution is -0.139. The summed E-state index contributed by atoms with van der Waals surface area (Å²) in [6, 6.07) is 0. The van der Waals surface area contributed by atoms with Crippen LogP contribution in [0.3, 0.4) is 0 Å². The lowest BCUT2D eigenvalue weighted by atomic mass is 10.1. The molecule has 0 fully saturated rings. The maximum Gasteiger partial charge on any atom is 0.303 e. The van der Waals surface area contributed by atoms with Crippen molar-refractivity contribution in [2.24, 2.45) is 0 Å². The molecule has 0 radical (unpaired) electrons. The third kappa shape index (κ3) is 22.1. The molecule has 6 heteroatoms. The predicted octanol–water partition coefficient (Wildman–Crippen LogP) is 2.03. The van der Waals surface area contributed by atoms with Gasteiger partial charge in [0, 0.05) is 19.4 Å². The van der Waals surface area contributed by atoms with Crippen LogP contribution in [0.15, 0.2) is 0 Å². The molecule has 0 amide bonds. The molecule has 4 N–H and O–H groups in total. The van der Waals surface area contributed by atoms with Gasteiger partial charge in [-0.15, -0.1) is 0 Å². The molecule has 0 aromatic carbocycles. The Morgan fingerprint density at radius 1 is 0.900 bits per heavy atom. The molecular formula is C14H28O6. The van der Waals surface area contributed by atoms with E-state index < -0.39 is 11.9 Å². The van der Waals surface area contributed by atoms with Gasteiger partial charge in [-0.3, -0.25) is 9.59 Å². The Bertz CT molecular complexity index is 226. The van der Waals surface area contributed by atoms with E-state index in [1.54, 1.807) is 0 Å². The largest absolute Gasteiger partial charge is 0.481 e. The number of aliphatic hydroxyl groups excluding tert-OH is 2. The number of aliphatic hydroxyl groups is 2. The van der Waals surface area contributed by atoms with Crippen LogP contribution in [-0.2, 0) is 9.59 Å². The highest BCUT2D eigenvalue weighted by atomic mass is 16.4.